The Kier molecular flexibility index (Phi) is 6.03. The van der Waals surface area contributed by atoms with Gasteiger partial charge in [0.1, 0.15) is 0 Å². The third kappa shape index (κ3) is 8.15. The summed E-state index contributed by atoms with van der Waals surface area (Å²) >= 11 is 0. The first-order valence-corrected chi connectivity index (χ1v) is 6.76. The maximum Gasteiger partial charge on any atom is 0.00104 e. The molecule has 0 aromatic carbocycles. The van der Waals surface area contributed by atoms with Crippen molar-refractivity contribution in [3.05, 3.63) is 0 Å². The molecule has 0 aliphatic carbocycles. The van der Waals surface area contributed by atoms with Crippen molar-refractivity contribution in [1.82, 2.24) is 5.32 Å². The molecule has 16 heavy (non-hydrogen) atoms. The van der Waals surface area contributed by atoms with Crippen molar-refractivity contribution in [2.24, 2.45) is 16.7 Å². The molecule has 0 aromatic heterocycles. The molecule has 1 heteroatoms. The minimum Gasteiger partial charge on any atom is -0.314 e. The van der Waals surface area contributed by atoms with Crippen LogP contribution in [0.3, 0.4) is 0 Å². The van der Waals surface area contributed by atoms with Crippen molar-refractivity contribution in [2.75, 3.05) is 6.54 Å². The van der Waals surface area contributed by atoms with E-state index >= 15 is 0 Å². The molecule has 0 aliphatic heterocycles. The van der Waals surface area contributed by atoms with Gasteiger partial charge in [0.15, 0.2) is 0 Å². The van der Waals surface area contributed by atoms with Crippen LogP contribution in [0.2, 0.25) is 0 Å². The first kappa shape index (κ1) is 16.0. The van der Waals surface area contributed by atoms with Gasteiger partial charge in [-0.1, -0.05) is 55.4 Å². The van der Waals surface area contributed by atoms with Crippen LogP contribution in [0.25, 0.3) is 0 Å². The fourth-order valence-electron chi connectivity index (χ4n) is 1.83. The molecule has 1 N–H and O–H groups in total. The lowest BCUT2D eigenvalue weighted by molar-refractivity contribution is 0.188. The van der Waals surface area contributed by atoms with Crippen LogP contribution in [0.15, 0.2) is 0 Å². The SMILES string of the molecule is CC(C)NCC(CCC(C)(C)C)C(C)(C)C. The van der Waals surface area contributed by atoms with Crippen LogP contribution in [-0.4, -0.2) is 12.6 Å². The molecule has 0 saturated carbocycles. The summed E-state index contributed by atoms with van der Waals surface area (Å²) in [7, 11) is 0. The van der Waals surface area contributed by atoms with E-state index in [1.165, 1.54) is 12.8 Å². The molecule has 0 amide bonds. The first-order valence-electron chi connectivity index (χ1n) is 6.76. The monoisotopic (exact) mass is 227 g/mol. The minimum absolute atomic E-state index is 0.410. The molecular weight excluding hydrogens is 194 g/mol. The largest absolute Gasteiger partial charge is 0.314 e. The molecule has 1 atom stereocenters. The summed E-state index contributed by atoms with van der Waals surface area (Å²) in [6, 6.07) is 0.597. The first-order chi connectivity index (χ1) is 7.02. The fraction of sp³-hybridized carbons (Fsp3) is 1.00. The highest BCUT2D eigenvalue weighted by Gasteiger charge is 2.25. The highest BCUT2D eigenvalue weighted by molar-refractivity contribution is 4.78. The molecule has 0 aliphatic rings. The quantitative estimate of drug-likeness (QED) is 0.730. The van der Waals surface area contributed by atoms with E-state index in [2.05, 4.69) is 60.7 Å². The zero-order valence-corrected chi connectivity index (χ0v) is 12.8. The average molecular weight is 227 g/mol. The van der Waals surface area contributed by atoms with E-state index in [9.17, 15) is 0 Å². The zero-order chi connectivity index (χ0) is 13.0. The molecule has 0 bridgehead atoms. The van der Waals surface area contributed by atoms with Gasteiger partial charge in [0.25, 0.3) is 0 Å². The average Bonchev–Trinajstić information content (AvgIpc) is 1.98. The van der Waals surface area contributed by atoms with E-state index in [1.807, 2.05) is 0 Å². The Balaban J connectivity index is 4.23. The van der Waals surface area contributed by atoms with Crippen LogP contribution in [0.4, 0.5) is 0 Å². The molecule has 0 aromatic rings. The van der Waals surface area contributed by atoms with Crippen molar-refractivity contribution in [2.45, 2.75) is 74.3 Å². The molecule has 1 nitrogen and oxygen atoms in total. The number of hydrogen-bond donors (Lipinski definition) is 1. The molecule has 1 unspecified atom stereocenters. The van der Waals surface area contributed by atoms with Gasteiger partial charge in [0.05, 0.1) is 0 Å². The van der Waals surface area contributed by atoms with Crippen LogP contribution in [0, 0.1) is 16.7 Å². The standard InChI is InChI=1S/C15H33N/c1-12(2)16-11-13(15(6,7)8)9-10-14(3,4)5/h12-13,16H,9-11H2,1-8H3. The van der Waals surface area contributed by atoms with Gasteiger partial charge in [-0.25, -0.2) is 0 Å². The van der Waals surface area contributed by atoms with Crippen LogP contribution >= 0.6 is 0 Å². The van der Waals surface area contributed by atoms with Crippen molar-refractivity contribution in [3.63, 3.8) is 0 Å². The summed E-state index contributed by atoms with van der Waals surface area (Å²) < 4.78 is 0. The highest BCUT2D eigenvalue weighted by Crippen LogP contribution is 2.33. The van der Waals surface area contributed by atoms with Gasteiger partial charge in [-0.2, -0.15) is 0 Å². The molecule has 0 heterocycles. The number of rotatable bonds is 5. The second-order valence-electron chi connectivity index (χ2n) is 7.73. The highest BCUT2D eigenvalue weighted by atomic mass is 14.9. The second-order valence-corrected chi connectivity index (χ2v) is 7.73. The predicted octanol–water partition coefficient (Wildman–Crippen LogP) is 4.47. The zero-order valence-electron chi connectivity index (χ0n) is 12.8. The summed E-state index contributed by atoms with van der Waals surface area (Å²) in [5.74, 6) is 0.772. The normalized spacial score (nSPS) is 15.6. The Hall–Kier alpha value is -0.0400. The Morgan fingerprint density at radius 3 is 1.75 bits per heavy atom. The maximum atomic E-state index is 3.59. The number of hydrogen-bond acceptors (Lipinski definition) is 1. The molecule has 0 radical (unpaired) electrons. The molecule has 98 valence electrons. The van der Waals surface area contributed by atoms with Gasteiger partial charge in [0, 0.05) is 6.04 Å². The topological polar surface area (TPSA) is 12.0 Å². The van der Waals surface area contributed by atoms with E-state index in [0.29, 0.717) is 16.9 Å². The van der Waals surface area contributed by atoms with Gasteiger partial charge in [-0.15, -0.1) is 0 Å². The predicted molar refractivity (Wildman–Crippen MR) is 74.8 cm³/mol. The van der Waals surface area contributed by atoms with Crippen LogP contribution < -0.4 is 5.32 Å². The molecule has 0 saturated heterocycles. The van der Waals surface area contributed by atoms with E-state index in [4.69, 9.17) is 0 Å². The summed E-state index contributed by atoms with van der Waals surface area (Å²) in [4.78, 5) is 0. The molecule has 0 fully saturated rings. The van der Waals surface area contributed by atoms with E-state index in [1.54, 1.807) is 0 Å². The van der Waals surface area contributed by atoms with Crippen molar-refractivity contribution < 1.29 is 0 Å². The maximum absolute atomic E-state index is 3.59. The van der Waals surface area contributed by atoms with E-state index < -0.39 is 0 Å². The van der Waals surface area contributed by atoms with Crippen LogP contribution in [0.1, 0.15) is 68.2 Å². The Labute approximate surface area is 103 Å². The lowest BCUT2D eigenvalue weighted by Crippen LogP contribution is -2.35. The Bertz CT molecular complexity index is 181. The Morgan fingerprint density at radius 2 is 1.44 bits per heavy atom. The summed E-state index contributed by atoms with van der Waals surface area (Å²) in [6.07, 6.45) is 2.64. The van der Waals surface area contributed by atoms with Gasteiger partial charge < -0.3 is 5.32 Å². The van der Waals surface area contributed by atoms with Crippen molar-refractivity contribution in [3.8, 4) is 0 Å². The minimum atomic E-state index is 0.410. The summed E-state index contributed by atoms with van der Waals surface area (Å²) in [5.41, 5.74) is 0.870. The van der Waals surface area contributed by atoms with Crippen LogP contribution in [0.5, 0.6) is 0 Å². The van der Waals surface area contributed by atoms with Gasteiger partial charge in [-0.3, -0.25) is 0 Å². The van der Waals surface area contributed by atoms with Crippen molar-refractivity contribution in [1.29, 1.82) is 0 Å². The van der Waals surface area contributed by atoms with Crippen LogP contribution in [-0.2, 0) is 0 Å². The third-order valence-electron chi connectivity index (χ3n) is 3.24. The van der Waals surface area contributed by atoms with Gasteiger partial charge >= 0.3 is 0 Å². The summed E-state index contributed by atoms with van der Waals surface area (Å²) in [6.45, 7) is 19.7. The molecular formula is C15H33N. The molecule has 0 spiro atoms. The number of nitrogens with one attached hydrogen (secondary N) is 1. The van der Waals surface area contributed by atoms with Crippen molar-refractivity contribution >= 4 is 0 Å². The van der Waals surface area contributed by atoms with Gasteiger partial charge in [-0.05, 0) is 36.1 Å². The third-order valence-corrected chi connectivity index (χ3v) is 3.24. The van der Waals surface area contributed by atoms with E-state index in [0.717, 1.165) is 12.5 Å². The van der Waals surface area contributed by atoms with Gasteiger partial charge in [0.2, 0.25) is 0 Å². The fourth-order valence-corrected chi connectivity index (χ4v) is 1.83. The lowest BCUT2D eigenvalue weighted by atomic mass is 9.75. The Morgan fingerprint density at radius 1 is 0.938 bits per heavy atom. The summed E-state index contributed by atoms with van der Waals surface area (Å²) in [5, 5.41) is 3.59. The smallest absolute Gasteiger partial charge is 0.00104 e. The second kappa shape index (κ2) is 6.05. The lowest BCUT2D eigenvalue weighted by Gasteiger charge is -2.33. The van der Waals surface area contributed by atoms with E-state index in [-0.39, 0.29) is 0 Å². The molecule has 0 rings (SSSR count).